The van der Waals surface area contributed by atoms with Crippen LogP contribution in [0, 0.1) is 0 Å². The van der Waals surface area contributed by atoms with E-state index < -0.39 is 0 Å². The van der Waals surface area contributed by atoms with Crippen molar-refractivity contribution in [1.82, 2.24) is 0 Å². The summed E-state index contributed by atoms with van der Waals surface area (Å²) in [5.74, 6) is 0.921. The van der Waals surface area contributed by atoms with E-state index in [9.17, 15) is 0 Å². The Hall–Kier alpha value is -4.68. The van der Waals surface area contributed by atoms with Gasteiger partial charge >= 0.3 is 0 Å². The molecule has 0 radical (unpaired) electrons. The van der Waals surface area contributed by atoms with Gasteiger partial charge in [-0.25, -0.2) is 0 Å². The van der Waals surface area contributed by atoms with Crippen molar-refractivity contribution in [1.29, 1.82) is 0 Å². The quantitative estimate of drug-likeness (QED) is 0.222. The lowest BCUT2D eigenvalue weighted by Crippen LogP contribution is -2.28. The molecule has 190 valence electrons. The first-order valence-electron chi connectivity index (χ1n) is 14.4. The van der Waals surface area contributed by atoms with Gasteiger partial charge in [-0.3, -0.25) is 0 Å². The van der Waals surface area contributed by atoms with E-state index in [1.807, 2.05) is 0 Å². The van der Waals surface area contributed by atoms with Crippen LogP contribution in [0.3, 0.4) is 0 Å². The maximum absolute atomic E-state index is 2.39. The molecule has 0 amide bonds. The van der Waals surface area contributed by atoms with Gasteiger partial charge in [0.25, 0.3) is 0 Å². The average molecular weight is 511 g/mol. The van der Waals surface area contributed by atoms with Crippen LogP contribution in [-0.4, -0.2) is 0 Å². The molecule has 8 rings (SSSR count). The largest absolute Gasteiger partial charge is 0.0622 e. The fourth-order valence-electron chi connectivity index (χ4n) is 7.63. The van der Waals surface area contributed by atoms with Crippen LogP contribution in [0.2, 0.25) is 0 Å². The highest BCUT2D eigenvalue weighted by molar-refractivity contribution is 5.64. The van der Waals surface area contributed by atoms with Crippen LogP contribution >= 0.6 is 0 Å². The van der Waals surface area contributed by atoms with Crippen molar-refractivity contribution in [3.05, 3.63) is 213 Å². The highest BCUT2D eigenvalue weighted by Crippen LogP contribution is 2.57. The maximum atomic E-state index is 2.39. The minimum atomic E-state index is 0.228. The molecule has 0 bridgehead atoms. The van der Waals surface area contributed by atoms with E-state index in [1.54, 1.807) is 0 Å². The molecule has 6 aromatic rings. The number of benzene rings is 6. The van der Waals surface area contributed by atoms with Gasteiger partial charge in [0.1, 0.15) is 0 Å². The third-order valence-corrected chi connectivity index (χ3v) is 9.17. The SMILES string of the molecule is c1ccc(C2c3ccccc3C(C3c4ccccc4C(c4ccccc4)c4ccccc43)c3ccccc32)cc1. The highest BCUT2D eigenvalue weighted by atomic mass is 14.4. The lowest BCUT2D eigenvalue weighted by molar-refractivity contribution is 0.626. The zero-order chi connectivity index (χ0) is 26.5. The van der Waals surface area contributed by atoms with Gasteiger partial charge in [-0.1, -0.05) is 158 Å². The van der Waals surface area contributed by atoms with Gasteiger partial charge in [-0.15, -0.1) is 0 Å². The van der Waals surface area contributed by atoms with Crippen molar-refractivity contribution < 1.29 is 0 Å². The zero-order valence-electron chi connectivity index (χ0n) is 22.3. The van der Waals surface area contributed by atoms with Crippen LogP contribution in [0.5, 0.6) is 0 Å². The lowest BCUT2D eigenvalue weighted by Gasteiger charge is -2.43. The Bertz CT molecular complexity index is 1580. The van der Waals surface area contributed by atoms with Crippen molar-refractivity contribution in [2.75, 3.05) is 0 Å². The van der Waals surface area contributed by atoms with Crippen LogP contribution in [0.15, 0.2) is 158 Å². The van der Waals surface area contributed by atoms with E-state index in [2.05, 4.69) is 158 Å². The molecule has 0 spiro atoms. The van der Waals surface area contributed by atoms with Gasteiger partial charge in [-0.05, 0) is 55.6 Å². The Kier molecular flexibility index (Phi) is 5.52. The van der Waals surface area contributed by atoms with Gasteiger partial charge in [0.05, 0.1) is 0 Å². The average Bonchev–Trinajstić information content (AvgIpc) is 3.03. The first-order valence-corrected chi connectivity index (χ1v) is 14.4. The van der Waals surface area contributed by atoms with E-state index >= 15 is 0 Å². The molecule has 2 aliphatic rings. The fourth-order valence-corrected chi connectivity index (χ4v) is 7.63. The summed E-state index contributed by atoms with van der Waals surface area (Å²) in [6.45, 7) is 0. The standard InChI is InChI=1S/C40H30/c1-3-15-27(16-4-1)37-29-19-7-11-23-33(29)39(34-24-12-8-20-30(34)37)40-35-25-13-9-21-31(35)38(28-17-5-2-6-18-28)32-22-10-14-26-36(32)40/h1-26,37-40H. The molecular weight excluding hydrogens is 480 g/mol. The summed E-state index contributed by atoms with van der Waals surface area (Å²) in [6, 6.07) is 58.9. The molecular formula is C40H30. The molecule has 0 unspecified atom stereocenters. The lowest BCUT2D eigenvalue weighted by atomic mass is 9.60. The summed E-state index contributed by atoms with van der Waals surface area (Å²) in [7, 11) is 0. The monoisotopic (exact) mass is 510 g/mol. The summed E-state index contributed by atoms with van der Waals surface area (Å²) >= 11 is 0. The summed E-state index contributed by atoms with van der Waals surface area (Å²) in [4.78, 5) is 0. The second kappa shape index (κ2) is 9.50. The molecule has 0 aliphatic heterocycles. The van der Waals surface area contributed by atoms with E-state index in [0.717, 1.165) is 0 Å². The van der Waals surface area contributed by atoms with Gasteiger partial charge in [0, 0.05) is 23.7 Å². The normalized spacial score (nSPS) is 20.5. The summed E-state index contributed by atoms with van der Waals surface area (Å²) in [5, 5.41) is 0. The van der Waals surface area contributed by atoms with Gasteiger partial charge in [0.15, 0.2) is 0 Å². The van der Waals surface area contributed by atoms with E-state index in [-0.39, 0.29) is 23.7 Å². The van der Waals surface area contributed by atoms with Crippen LogP contribution in [0.4, 0.5) is 0 Å². The summed E-state index contributed by atoms with van der Waals surface area (Å²) < 4.78 is 0. The Morgan fingerprint density at radius 1 is 0.225 bits per heavy atom. The topological polar surface area (TPSA) is 0 Å². The second-order valence-electron chi connectivity index (χ2n) is 11.2. The van der Waals surface area contributed by atoms with Crippen molar-refractivity contribution in [2.45, 2.75) is 23.7 Å². The number of hydrogen-bond acceptors (Lipinski definition) is 0. The van der Waals surface area contributed by atoms with Crippen LogP contribution in [-0.2, 0) is 0 Å². The van der Waals surface area contributed by atoms with Gasteiger partial charge in [-0.2, -0.15) is 0 Å². The van der Waals surface area contributed by atoms with Crippen molar-refractivity contribution in [3.8, 4) is 0 Å². The van der Waals surface area contributed by atoms with Crippen molar-refractivity contribution >= 4 is 0 Å². The minimum Gasteiger partial charge on any atom is -0.0622 e. The molecule has 40 heavy (non-hydrogen) atoms. The van der Waals surface area contributed by atoms with E-state index in [0.29, 0.717) is 0 Å². The van der Waals surface area contributed by atoms with Crippen LogP contribution in [0.1, 0.15) is 79.3 Å². The first-order chi connectivity index (χ1) is 19.9. The van der Waals surface area contributed by atoms with E-state index in [1.165, 1.54) is 55.6 Å². The molecule has 0 atom stereocenters. The third kappa shape index (κ3) is 3.53. The van der Waals surface area contributed by atoms with Crippen LogP contribution < -0.4 is 0 Å². The van der Waals surface area contributed by atoms with E-state index in [4.69, 9.17) is 0 Å². The third-order valence-electron chi connectivity index (χ3n) is 9.17. The molecule has 0 aromatic heterocycles. The maximum Gasteiger partial charge on any atom is 0.0345 e. The summed E-state index contributed by atoms with van der Waals surface area (Å²) in [6.07, 6.45) is 0. The number of fused-ring (bicyclic) bond motifs is 4. The Balaban J connectivity index is 1.40. The summed E-state index contributed by atoms with van der Waals surface area (Å²) in [5.41, 5.74) is 14.2. The molecule has 0 saturated heterocycles. The molecule has 0 N–H and O–H groups in total. The van der Waals surface area contributed by atoms with Crippen molar-refractivity contribution in [3.63, 3.8) is 0 Å². The fraction of sp³-hybridized carbons (Fsp3) is 0.100. The minimum absolute atomic E-state index is 0.228. The molecule has 0 nitrogen and oxygen atoms in total. The van der Waals surface area contributed by atoms with Gasteiger partial charge in [0.2, 0.25) is 0 Å². The molecule has 0 heteroatoms. The zero-order valence-corrected chi connectivity index (χ0v) is 22.3. The molecule has 0 saturated carbocycles. The first kappa shape index (κ1) is 23.2. The van der Waals surface area contributed by atoms with Crippen LogP contribution in [0.25, 0.3) is 0 Å². The molecule has 6 aromatic carbocycles. The molecule has 0 fully saturated rings. The number of rotatable bonds is 3. The predicted molar refractivity (Wildman–Crippen MR) is 164 cm³/mol. The second-order valence-corrected chi connectivity index (χ2v) is 11.2. The Labute approximate surface area is 236 Å². The van der Waals surface area contributed by atoms with Gasteiger partial charge < -0.3 is 0 Å². The highest BCUT2D eigenvalue weighted by Gasteiger charge is 2.42. The molecule has 0 heterocycles. The predicted octanol–water partition coefficient (Wildman–Crippen LogP) is 9.64. The van der Waals surface area contributed by atoms with Crippen molar-refractivity contribution in [2.24, 2.45) is 0 Å². The Morgan fingerprint density at radius 2 is 0.450 bits per heavy atom. The molecule has 2 aliphatic carbocycles. The smallest absolute Gasteiger partial charge is 0.0345 e. The number of hydrogen-bond donors (Lipinski definition) is 0. The Morgan fingerprint density at radius 3 is 0.725 bits per heavy atom.